The van der Waals surface area contributed by atoms with Crippen molar-refractivity contribution in [2.75, 3.05) is 11.5 Å². The maximum atomic E-state index is 13.3. The van der Waals surface area contributed by atoms with Crippen molar-refractivity contribution in [1.82, 2.24) is 0 Å². The Labute approximate surface area is 372 Å². The van der Waals surface area contributed by atoms with Crippen LogP contribution in [0.15, 0.2) is 125 Å². The Morgan fingerprint density at radius 1 is 0.448 bits per heavy atom. The van der Waals surface area contributed by atoms with E-state index in [1.54, 1.807) is 24.3 Å². The third-order valence-electron chi connectivity index (χ3n) is 8.02. The SMILES string of the molecule is Nc1cc(S(=O)(=O)O)cc2cc(S(=O)(=O)O)c(N=Nc3ccc(-c4ccc(N=Nc5c(S(=O)(=O)O)cc6cc(S(=O)(=O)O)cc(N)c6c5[O-])cc4)cc3)c([O-])c12.[Na+].[Na+]. The van der Waals surface area contributed by atoms with E-state index in [2.05, 4.69) is 20.5 Å². The third-order valence-corrected chi connectivity index (χ3v) is 11.4. The normalized spacial score (nSPS) is 12.6. The molecule has 0 amide bonds. The first-order valence-electron chi connectivity index (χ1n) is 15.0. The summed E-state index contributed by atoms with van der Waals surface area (Å²) in [6.07, 6.45) is 0. The minimum Gasteiger partial charge on any atom is -0.870 e. The van der Waals surface area contributed by atoms with E-state index < -0.39 is 94.3 Å². The second kappa shape index (κ2) is 16.9. The van der Waals surface area contributed by atoms with Crippen LogP contribution >= 0.6 is 0 Å². The Morgan fingerprint density at radius 3 is 1.03 bits per heavy atom. The number of hydrogen-bond donors (Lipinski definition) is 6. The number of azo groups is 2. The molecule has 0 saturated heterocycles. The first kappa shape index (κ1) is 46.6. The predicted molar refractivity (Wildman–Crippen MR) is 195 cm³/mol. The van der Waals surface area contributed by atoms with Gasteiger partial charge in [-0.3, -0.25) is 18.2 Å². The van der Waals surface area contributed by atoms with Gasteiger partial charge in [-0.1, -0.05) is 35.8 Å². The molecule has 0 aliphatic carbocycles. The summed E-state index contributed by atoms with van der Waals surface area (Å²) in [6, 6.07) is 16.7. The van der Waals surface area contributed by atoms with Crippen LogP contribution in [0.1, 0.15) is 0 Å². The van der Waals surface area contributed by atoms with Crippen molar-refractivity contribution in [2.45, 2.75) is 19.6 Å². The van der Waals surface area contributed by atoms with Crippen molar-refractivity contribution < 1.29 is 121 Å². The van der Waals surface area contributed by atoms with E-state index in [9.17, 15) is 62.1 Å². The molecule has 6 aromatic carbocycles. The van der Waals surface area contributed by atoms with Crippen molar-refractivity contribution in [3.05, 3.63) is 84.9 Å². The van der Waals surface area contributed by atoms with E-state index in [-0.39, 0.29) is 92.0 Å². The van der Waals surface area contributed by atoms with Gasteiger partial charge in [0.25, 0.3) is 40.5 Å². The molecule has 0 heterocycles. The second-order valence-electron chi connectivity index (χ2n) is 11.7. The molecule has 0 atom stereocenters. The van der Waals surface area contributed by atoms with E-state index in [1.165, 1.54) is 24.3 Å². The molecule has 0 radical (unpaired) electrons. The maximum Gasteiger partial charge on any atom is 1.00 e. The summed E-state index contributed by atoms with van der Waals surface area (Å²) in [4.78, 5) is -3.45. The fourth-order valence-electron chi connectivity index (χ4n) is 5.49. The molecule has 0 aromatic heterocycles. The Balaban J connectivity index is 0.00000372. The number of anilines is 2. The molecular weight excluding hydrogens is 867 g/mol. The van der Waals surface area contributed by atoms with Gasteiger partial charge in [0.05, 0.1) is 32.5 Å². The quantitative estimate of drug-likeness (QED) is 0.0430. The van der Waals surface area contributed by atoms with Gasteiger partial charge in [0.1, 0.15) is 9.79 Å². The van der Waals surface area contributed by atoms with E-state index in [1.807, 2.05) is 0 Å². The van der Waals surface area contributed by atoms with Gasteiger partial charge in [-0.05, 0) is 93.3 Å². The molecule has 0 spiro atoms. The largest absolute Gasteiger partial charge is 1.00 e. The molecule has 8 N–H and O–H groups in total. The summed E-state index contributed by atoms with van der Waals surface area (Å²) in [6.45, 7) is 0. The minimum absolute atomic E-state index is 0. The zero-order chi connectivity index (χ0) is 41.1. The fraction of sp³-hybridized carbons (Fsp3) is 0. The molecule has 6 aromatic rings. The predicted octanol–water partition coefficient (Wildman–Crippen LogP) is -1.20. The molecular formula is C32H22N6Na2O14S4. The van der Waals surface area contributed by atoms with E-state index in [0.717, 1.165) is 36.4 Å². The number of rotatable bonds is 9. The molecule has 20 nitrogen and oxygen atoms in total. The van der Waals surface area contributed by atoms with Gasteiger partial charge in [0.2, 0.25) is 0 Å². The Kier molecular flexibility index (Phi) is 13.5. The first-order valence-corrected chi connectivity index (χ1v) is 20.8. The van der Waals surface area contributed by atoms with Crippen molar-refractivity contribution in [3.8, 4) is 22.6 Å². The summed E-state index contributed by atoms with van der Waals surface area (Å²) in [5, 5.41) is 40.4. The maximum absolute atomic E-state index is 13.3. The van der Waals surface area contributed by atoms with E-state index in [4.69, 9.17) is 11.5 Å². The molecule has 26 heteroatoms. The molecule has 0 aliphatic heterocycles. The first-order chi connectivity index (χ1) is 25.9. The summed E-state index contributed by atoms with van der Waals surface area (Å²) >= 11 is 0. The van der Waals surface area contributed by atoms with Gasteiger partial charge in [0, 0.05) is 11.4 Å². The van der Waals surface area contributed by atoms with Crippen LogP contribution in [0.25, 0.3) is 32.7 Å². The Bertz CT molecular complexity index is 2960. The van der Waals surface area contributed by atoms with Crippen molar-refractivity contribution >= 4 is 96.1 Å². The van der Waals surface area contributed by atoms with Crippen LogP contribution in [0.3, 0.4) is 0 Å². The molecule has 290 valence electrons. The van der Waals surface area contributed by atoms with Gasteiger partial charge < -0.3 is 21.7 Å². The van der Waals surface area contributed by atoms with Crippen molar-refractivity contribution in [2.24, 2.45) is 20.5 Å². The van der Waals surface area contributed by atoms with Crippen LogP contribution in [-0.4, -0.2) is 51.9 Å². The second-order valence-corrected chi connectivity index (χ2v) is 17.3. The van der Waals surface area contributed by atoms with Gasteiger partial charge in [-0.2, -0.15) is 43.9 Å². The van der Waals surface area contributed by atoms with Crippen LogP contribution < -0.4 is 80.8 Å². The molecule has 6 rings (SSSR count). The Hall–Kier alpha value is -4.12. The number of nitrogen functional groups attached to an aromatic ring is 2. The molecule has 0 fully saturated rings. The van der Waals surface area contributed by atoms with Gasteiger partial charge in [-0.25, -0.2) is 0 Å². The smallest absolute Gasteiger partial charge is 0.870 e. The van der Waals surface area contributed by atoms with Crippen molar-refractivity contribution in [3.63, 3.8) is 0 Å². The summed E-state index contributed by atoms with van der Waals surface area (Å²) in [7, 11) is -19.8. The summed E-state index contributed by atoms with van der Waals surface area (Å²) in [5.74, 6) is -2.21. The fourth-order valence-corrected chi connectivity index (χ4v) is 7.90. The summed E-state index contributed by atoms with van der Waals surface area (Å²) < 4.78 is 133. The van der Waals surface area contributed by atoms with Gasteiger partial charge >= 0.3 is 59.1 Å². The van der Waals surface area contributed by atoms with Gasteiger partial charge in [-0.15, -0.1) is 10.2 Å². The third kappa shape index (κ3) is 9.67. The van der Waals surface area contributed by atoms with Crippen LogP contribution in [0.4, 0.5) is 34.1 Å². The molecule has 58 heavy (non-hydrogen) atoms. The van der Waals surface area contributed by atoms with Gasteiger partial charge in [0.15, 0.2) is 0 Å². The number of hydrogen-bond acceptors (Lipinski definition) is 16. The van der Waals surface area contributed by atoms with Crippen LogP contribution in [0.2, 0.25) is 0 Å². The standard InChI is InChI=1S/C32H24N6O14S4.2Na/c33-23-13-21(53(41,42)43)9-17-11-25(55(47,48)49)29(31(39)27(17)23)37-35-19-5-1-15(2-6-19)16-3-7-20(8-4-16)36-38-30-26(56(50,51)52)12-18-10-22(54(44,45)46)14-24(34)28(18)32(30)40;;/h1-14,39-40H,33-34H2,(H,41,42,43)(H,44,45,46)(H,47,48,49)(H,50,51,52);;/q;2*+1/p-2. The number of nitrogens with two attached hydrogens (primary N) is 2. The van der Waals surface area contributed by atoms with Crippen molar-refractivity contribution in [1.29, 1.82) is 0 Å². The van der Waals surface area contributed by atoms with E-state index in [0.29, 0.717) is 11.1 Å². The zero-order valence-electron chi connectivity index (χ0n) is 29.5. The topological polar surface area (TPSA) is 365 Å². The van der Waals surface area contributed by atoms with E-state index >= 15 is 0 Å². The molecule has 0 unspecified atom stereocenters. The van der Waals surface area contributed by atoms with Crippen LogP contribution in [0, 0.1) is 0 Å². The molecule has 0 saturated carbocycles. The monoisotopic (exact) mass is 888 g/mol. The van der Waals surface area contributed by atoms with Crippen LogP contribution in [0.5, 0.6) is 11.5 Å². The molecule has 0 bridgehead atoms. The Morgan fingerprint density at radius 2 is 0.759 bits per heavy atom. The number of nitrogens with zero attached hydrogens (tertiary/aromatic N) is 4. The average molecular weight is 889 g/mol. The number of fused-ring (bicyclic) bond motifs is 2. The zero-order valence-corrected chi connectivity index (χ0v) is 36.8. The summed E-state index contributed by atoms with van der Waals surface area (Å²) in [5.41, 5.74) is 10.6. The minimum atomic E-state index is -5.11. The average Bonchev–Trinajstić information content (AvgIpc) is 3.09. The molecule has 0 aliphatic rings. The number of benzene rings is 6. The van der Waals surface area contributed by atoms with Crippen LogP contribution in [-0.2, 0) is 40.5 Å².